The van der Waals surface area contributed by atoms with Gasteiger partial charge in [0.15, 0.2) is 0 Å². The summed E-state index contributed by atoms with van der Waals surface area (Å²) in [4.78, 5) is 16.8. The number of fused-ring (bicyclic) bond motifs is 2. The van der Waals surface area contributed by atoms with Crippen molar-refractivity contribution in [1.82, 2.24) is 4.98 Å². The first kappa shape index (κ1) is 23.2. The number of esters is 1. The first-order chi connectivity index (χ1) is 16.2. The molecule has 3 aromatic carbocycles. The second kappa shape index (κ2) is 11.8. The van der Waals surface area contributed by atoms with Crippen molar-refractivity contribution in [3.05, 3.63) is 72.3 Å². The number of carbonyl (C=O) groups is 1. The molecule has 0 saturated carbocycles. The lowest BCUT2D eigenvalue weighted by Gasteiger charge is -2.14. The summed E-state index contributed by atoms with van der Waals surface area (Å²) in [5.41, 5.74) is 2.03. The minimum absolute atomic E-state index is 0.149. The number of para-hydroxylation sites is 1. The summed E-state index contributed by atoms with van der Waals surface area (Å²) in [5.74, 6) is 6.04. The van der Waals surface area contributed by atoms with E-state index in [2.05, 4.69) is 29.2 Å². The number of rotatable bonds is 12. The van der Waals surface area contributed by atoms with Gasteiger partial charge in [-0.05, 0) is 41.3 Å². The highest BCUT2D eigenvalue weighted by molar-refractivity contribution is 7.22. The predicted octanol–water partition coefficient (Wildman–Crippen LogP) is 6.26. The summed E-state index contributed by atoms with van der Waals surface area (Å²) in [7, 11) is 0. The molecule has 172 valence electrons. The summed E-state index contributed by atoms with van der Waals surface area (Å²) in [6, 6.07) is 22.3. The highest BCUT2D eigenvalue weighted by atomic mass is 32.1. The van der Waals surface area contributed by atoms with Crippen LogP contribution in [0.2, 0.25) is 0 Å². The fourth-order valence-electron chi connectivity index (χ4n) is 4.01. The Balaban J connectivity index is 1.05. The van der Waals surface area contributed by atoms with Gasteiger partial charge in [0, 0.05) is 6.54 Å². The van der Waals surface area contributed by atoms with Crippen LogP contribution in [0, 0.1) is 0 Å². The van der Waals surface area contributed by atoms with Gasteiger partial charge in [0.25, 0.3) is 0 Å². The monoisotopic (exact) mass is 461 g/mol. The number of anilines is 1. The number of hydrazine groups is 1. The Hall–Kier alpha value is -2.96. The van der Waals surface area contributed by atoms with E-state index in [-0.39, 0.29) is 5.97 Å². The average Bonchev–Trinajstić information content (AvgIpc) is 3.28. The molecule has 0 fully saturated rings. The van der Waals surface area contributed by atoms with E-state index in [0.717, 1.165) is 72.1 Å². The molecule has 4 rings (SSSR count). The van der Waals surface area contributed by atoms with Gasteiger partial charge >= 0.3 is 5.97 Å². The largest absolute Gasteiger partial charge is 0.465 e. The Bertz CT molecular complexity index is 1150. The van der Waals surface area contributed by atoms with Crippen molar-refractivity contribution in [3.8, 4) is 0 Å². The van der Waals surface area contributed by atoms with E-state index >= 15 is 0 Å². The third-order valence-electron chi connectivity index (χ3n) is 5.80. The van der Waals surface area contributed by atoms with Gasteiger partial charge < -0.3 is 4.74 Å². The van der Waals surface area contributed by atoms with Crippen LogP contribution in [0.4, 0.5) is 5.13 Å². The second-order valence-electron chi connectivity index (χ2n) is 8.31. The zero-order valence-electron chi connectivity index (χ0n) is 18.9. The van der Waals surface area contributed by atoms with E-state index < -0.39 is 0 Å². The number of thiazole rings is 1. The maximum Gasteiger partial charge on any atom is 0.310 e. The standard InChI is InChI=1S/C27H31N3O2S/c28-30(27-29-24-16-7-8-17-25(24)33-27)18-9-3-1-2-4-10-19-32-26(31)20-22-14-11-13-21-12-5-6-15-23(21)22/h5-8,11-17H,1-4,9-10,18-20,28H2. The molecule has 0 amide bonds. The van der Waals surface area contributed by atoms with Crippen LogP contribution in [-0.2, 0) is 16.0 Å². The van der Waals surface area contributed by atoms with Gasteiger partial charge in [-0.1, -0.05) is 91.6 Å². The summed E-state index contributed by atoms with van der Waals surface area (Å²) >= 11 is 1.63. The van der Waals surface area contributed by atoms with Gasteiger partial charge in [-0.25, -0.2) is 10.8 Å². The first-order valence-electron chi connectivity index (χ1n) is 11.7. The molecule has 4 aromatic rings. The molecule has 1 aromatic heterocycles. The van der Waals surface area contributed by atoms with Crippen molar-refractivity contribution in [2.24, 2.45) is 5.84 Å². The topological polar surface area (TPSA) is 68.4 Å². The SMILES string of the molecule is NN(CCCCCCCCOC(=O)Cc1cccc2ccccc12)c1nc2ccccc2s1. The van der Waals surface area contributed by atoms with Gasteiger partial charge in [-0.15, -0.1) is 0 Å². The lowest BCUT2D eigenvalue weighted by molar-refractivity contribution is -0.142. The van der Waals surface area contributed by atoms with Gasteiger partial charge in [-0.2, -0.15) is 0 Å². The van der Waals surface area contributed by atoms with Crippen LogP contribution in [0.5, 0.6) is 0 Å². The molecule has 0 aliphatic heterocycles. The maximum atomic E-state index is 12.2. The number of nitrogens with two attached hydrogens (primary N) is 1. The fraction of sp³-hybridized carbons (Fsp3) is 0.333. The molecule has 0 spiro atoms. The number of hydrogen-bond donors (Lipinski definition) is 1. The van der Waals surface area contributed by atoms with E-state index in [1.165, 1.54) is 4.70 Å². The molecule has 0 aliphatic carbocycles. The van der Waals surface area contributed by atoms with E-state index in [1.807, 2.05) is 42.5 Å². The Morgan fingerprint density at radius 2 is 1.61 bits per heavy atom. The minimum Gasteiger partial charge on any atom is -0.465 e. The van der Waals surface area contributed by atoms with Crippen LogP contribution >= 0.6 is 11.3 Å². The maximum absolute atomic E-state index is 12.2. The number of carbonyl (C=O) groups excluding carboxylic acids is 1. The molecule has 5 nitrogen and oxygen atoms in total. The summed E-state index contributed by atoms with van der Waals surface area (Å²) in [6.45, 7) is 1.31. The van der Waals surface area contributed by atoms with Crippen LogP contribution < -0.4 is 10.9 Å². The van der Waals surface area contributed by atoms with Crippen molar-refractivity contribution in [2.75, 3.05) is 18.2 Å². The number of unbranched alkanes of at least 4 members (excludes halogenated alkanes) is 5. The predicted molar refractivity (Wildman–Crippen MR) is 137 cm³/mol. The highest BCUT2D eigenvalue weighted by Crippen LogP contribution is 2.27. The molecule has 1 heterocycles. The van der Waals surface area contributed by atoms with Crippen LogP contribution in [-0.4, -0.2) is 24.1 Å². The summed E-state index contributed by atoms with van der Waals surface area (Å²) < 4.78 is 6.63. The van der Waals surface area contributed by atoms with E-state index in [1.54, 1.807) is 16.3 Å². The minimum atomic E-state index is -0.149. The Labute approximate surface area is 199 Å². The van der Waals surface area contributed by atoms with Crippen molar-refractivity contribution in [2.45, 2.75) is 44.9 Å². The highest BCUT2D eigenvalue weighted by Gasteiger charge is 2.09. The van der Waals surface area contributed by atoms with E-state index in [0.29, 0.717) is 13.0 Å². The van der Waals surface area contributed by atoms with Gasteiger partial charge in [0.2, 0.25) is 5.13 Å². The number of benzene rings is 3. The molecule has 2 N–H and O–H groups in total. The smallest absolute Gasteiger partial charge is 0.310 e. The molecule has 6 heteroatoms. The molecule has 0 bridgehead atoms. The van der Waals surface area contributed by atoms with Crippen molar-refractivity contribution >= 4 is 43.4 Å². The molecule has 0 saturated heterocycles. The fourth-order valence-corrected chi connectivity index (χ4v) is 4.92. The molecular weight excluding hydrogens is 430 g/mol. The van der Waals surface area contributed by atoms with Crippen LogP contribution in [0.1, 0.15) is 44.1 Å². The molecule has 0 aliphatic rings. The van der Waals surface area contributed by atoms with Gasteiger partial charge in [-0.3, -0.25) is 9.80 Å². The van der Waals surface area contributed by atoms with Crippen LogP contribution in [0.25, 0.3) is 21.0 Å². The van der Waals surface area contributed by atoms with Gasteiger partial charge in [0.05, 0.1) is 23.2 Å². The Morgan fingerprint density at radius 3 is 2.48 bits per heavy atom. The number of nitrogens with zero attached hydrogens (tertiary/aromatic N) is 2. The normalized spacial score (nSPS) is 11.2. The molecule has 0 unspecified atom stereocenters. The summed E-state index contributed by atoms with van der Waals surface area (Å²) in [6.07, 6.45) is 6.81. The van der Waals surface area contributed by atoms with Crippen LogP contribution in [0.15, 0.2) is 66.7 Å². The van der Waals surface area contributed by atoms with Crippen LogP contribution in [0.3, 0.4) is 0 Å². The number of ether oxygens (including phenoxy) is 1. The zero-order chi connectivity index (χ0) is 22.9. The number of hydrogen-bond acceptors (Lipinski definition) is 6. The Morgan fingerprint density at radius 1 is 0.879 bits per heavy atom. The summed E-state index contributed by atoms with van der Waals surface area (Å²) in [5, 5.41) is 4.92. The van der Waals surface area contributed by atoms with E-state index in [9.17, 15) is 4.79 Å². The molecule has 33 heavy (non-hydrogen) atoms. The van der Waals surface area contributed by atoms with Gasteiger partial charge in [0.1, 0.15) is 0 Å². The molecular formula is C27H31N3O2S. The number of aromatic nitrogens is 1. The second-order valence-corrected chi connectivity index (χ2v) is 9.32. The zero-order valence-corrected chi connectivity index (χ0v) is 19.7. The quantitative estimate of drug-likeness (QED) is 0.117. The average molecular weight is 462 g/mol. The van der Waals surface area contributed by atoms with Crippen molar-refractivity contribution in [3.63, 3.8) is 0 Å². The first-order valence-corrected chi connectivity index (χ1v) is 12.5. The Kier molecular flexibility index (Phi) is 8.28. The third kappa shape index (κ3) is 6.53. The lowest BCUT2D eigenvalue weighted by Crippen LogP contribution is -2.31. The lowest BCUT2D eigenvalue weighted by atomic mass is 10.0. The van der Waals surface area contributed by atoms with Crippen molar-refractivity contribution < 1.29 is 9.53 Å². The molecule has 0 radical (unpaired) electrons. The molecule has 0 atom stereocenters. The third-order valence-corrected chi connectivity index (χ3v) is 6.87. The van der Waals surface area contributed by atoms with E-state index in [4.69, 9.17) is 10.6 Å². The van der Waals surface area contributed by atoms with Crippen molar-refractivity contribution in [1.29, 1.82) is 0 Å².